The van der Waals surface area contributed by atoms with Gasteiger partial charge in [0.05, 0.1) is 20.5 Å². The Hall–Kier alpha value is -0.360. The molecule has 0 amide bonds. The van der Waals surface area contributed by atoms with Crippen LogP contribution in [0.1, 0.15) is 45.0 Å². The molecule has 1 heterocycles. The number of halogens is 3. The molecule has 3 rings (SSSR count). The van der Waals surface area contributed by atoms with E-state index in [1.54, 1.807) is 12.1 Å². The Kier molecular flexibility index (Phi) is 3.73. The van der Waals surface area contributed by atoms with Crippen molar-refractivity contribution < 1.29 is 4.39 Å². The molecule has 5 heteroatoms. The fraction of sp³-hybridized carbons (Fsp3) is 0.533. The van der Waals surface area contributed by atoms with Crippen LogP contribution >= 0.6 is 34.2 Å². The lowest BCUT2D eigenvalue weighted by atomic mass is 9.92. The van der Waals surface area contributed by atoms with Gasteiger partial charge in [0.15, 0.2) is 0 Å². The fourth-order valence-electron chi connectivity index (χ4n) is 3.26. The topological polar surface area (TPSA) is 17.8 Å². The lowest BCUT2D eigenvalue weighted by Crippen LogP contribution is -2.11. The van der Waals surface area contributed by atoms with Gasteiger partial charge in [0, 0.05) is 12.1 Å². The lowest BCUT2D eigenvalue weighted by molar-refractivity contribution is 0.359. The van der Waals surface area contributed by atoms with Gasteiger partial charge >= 0.3 is 0 Å². The van der Waals surface area contributed by atoms with Gasteiger partial charge in [0.1, 0.15) is 11.6 Å². The number of benzene rings is 1. The summed E-state index contributed by atoms with van der Waals surface area (Å²) in [6.45, 7) is 4.58. The highest BCUT2D eigenvalue weighted by Gasteiger charge is 2.33. The molecule has 1 aliphatic carbocycles. The van der Waals surface area contributed by atoms with Crippen molar-refractivity contribution in [2.45, 2.75) is 45.0 Å². The van der Waals surface area contributed by atoms with E-state index >= 15 is 0 Å². The smallest absolute Gasteiger partial charge is 0.138 e. The van der Waals surface area contributed by atoms with Gasteiger partial charge in [-0.3, -0.25) is 0 Å². The van der Waals surface area contributed by atoms with Gasteiger partial charge in [0.25, 0.3) is 0 Å². The van der Waals surface area contributed by atoms with Gasteiger partial charge in [0.2, 0.25) is 0 Å². The first kappa shape index (κ1) is 14.6. The Labute approximate surface area is 136 Å². The Morgan fingerprint density at radius 1 is 1.50 bits per heavy atom. The van der Waals surface area contributed by atoms with Crippen LogP contribution in [0.25, 0.3) is 11.0 Å². The second kappa shape index (κ2) is 5.13. The van der Waals surface area contributed by atoms with E-state index in [-0.39, 0.29) is 5.82 Å². The Bertz CT molecular complexity index is 665. The van der Waals surface area contributed by atoms with Crippen molar-refractivity contribution in [1.82, 2.24) is 9.55 Å². The number of imidazole rings is 1. The summed E-state index contributed by atoms with van der Waals surface area (Å²) in [5.74, 6) is 1.03. The molecule has 20 heavy (non-hydrogen) atoms. The van der Waals surface area contributed by atoms with E-state index in [4.69, 9.17) is 11.6 Å². The van der Waals surface area contributed by atoms with Gasteiger partial charge in [-0.05, 0) is 53.3 Å². The number of aromatic nitrogens is 2. The van der Waals surface area contributed by atoms with Crippen LogP contribution in [0.4, 0.5) is 4.39 Å². The van der Waals surface area contributed by atoms with Crippen LogP contribution in [-0.4, -0.2) is 9.55 Å². The first-order valence-corrected chi connectivity index (χ1v) is 8.44. The number of alkyl halides is 1. The minimum absolute atomic E-state index is 0.183. The van der Waals surface area contributed by atoms with E-state index in [2.05, 4.69) is 23.4 Å². The molecule has 2 nitrogen and oxygen atoms in total. The van der Waals surface area contributed by atoms with Gasteiger partial charge in [-0.25, -0.2) is 9.37 Å². The molecule has 1 atom stereocenters. The minimum Gasteiger partial charge on any atom is -0.324 e. The molecule has 1 fully saturated rings. The normalized spacial score (nSPS) is 21.8. The molecule has 0 radical (unpaired) electrons. The Morgan fingerprint density at radius 3 is 2.85 bits per heavy atom. The van der Waals surface area contributed by atoms with E-state index in [1.165, 1.54) is 6.42 Å². The van der Waals surface area contributed by atoms with Crippen molar-refractivity contribution in [1.29, 1.82) is 0 Å². The standard InChI is InChI=1S/C15H17ClFIN2/c1-15(2)4-3-9(7-15)20-13-5-10(17)11(18)6-12(13)19-14(20)8-16/h5-6,9H,3-4,7-8H2,1-2H3. The summed E-state index contributed by atoms with van der Waals surface area (Å²) in [7, 11) is 0. The summed E-state index contributed by atoms with van der Waals surface area (Å²) in [6.07, 6.45) is 3.39. The summed E-state index contributed by atoms with van der Waals surface area (Å²) in [6, 6.07) is 3.78. The van der Waals surface area contributed by atoms with E-state index < -0.39 is 0 Å². The van der Waals surface area contributed by atoms with E-state index in [9.17, 15) is 4.39 Å². The molecule has 1 saturated carbocycles. The third kappa shape index (κ3) is 2.45. The van der Waals surface area contributed by atoms with Gasteiger partial charge < -0.3 is 4.57 Å². The van der Waals surface area contributed by atoms with Crippen LogP contribution in [-0.2, 0) is 5.88 Å². The van der Waals surface area contributed by atoms with Crippen molar-refractivity contribution in [2.75, 3.05) is 0 Å². The molecule has 108 valence electrons. The van der Waals surface area contributed by atoms with E-state index in [1.807, 2.05) is 22.6 Å². The molecule has 0 spiro atoms. The number of hydrogen-bond donors (Lipinski definition) is 0. The molecule has 0 N–H and O–H groups in total. The predicted octanol–water partition coefficient (Wildman–Crippen LogP) is 5.27. The summed E-state index contributed by atoms with van der Waals surface area (Å²) in [5, 5.41) is 0. The maximum atomic E-state index is 13.9. The highest BCUT2D eigenvalue weighted by molar-refractivity contribution is 14.1. The molecular formula is C15H17ClFIN2. The van der Waals surface area contributed by atoms with Crippen LogP contribution in [0.3, 0.4) is 0 Å². The SMILES string of the molecule is CC1(C)CCC(n2c(CCl)nc3cc(I)c(F)cc32)C1. The van der Waals surface area contributed by atoms with Crippen molar-refractivity contribution in [2.24, 2.45) is 5.41 Å². The van der Waals surface area contributed by atoms with Crippen LogP contribution < -0.4 is 0 Å². The Balaban J connectivity index is 2.15. The van der Waals surface area contributed by atoms with Crippen molar-refractivity contribution >= 4 is 45.2 Å². The Morgan fingerprint density at radius 2 is 2.25 bits per heavy atom. The molecule has 0 bridgehead atoms. The highest BCUT2D eigenvalue weighted by Crippen LogP contribution is 2.45. The van der Waals surface area contributed by atoms with Crippen LogP contribution in [0.5, 0.6) is 0 Å². The van der Waals surface area contributed by atoms with Crippen LogP contribution in [0.2, 0.25) is 0 Å². The zero-order chi connectivity index (χ0) is 14.5. The van der Waals surface area contributed by atoms with E-state index in [0.717, 1.165) is 29.7 Å². The molecular weight excluding hydrogens is 390 g/mol. The van der Waals surface area contributed by atoms with E-state index in [0.29, 0.717) is 20.9 Å². The fourth-order valence-corrected chi connectivity index (χ4v) is 3.90. The van der Waals surface area contributed by atoms with Gasteiger partial charge in [-0.2, -0.15) is 0 Å². The zero-order valence-corrected chi connectivity index (χ0v) is 14.5. The van der Waals surface area contributed by atoms with Crippen LogP contribution in [0, 0.1) is 14.8 Å². The average molecular weight is 407 g/mol. The zero-order valence-electron chi connectivity index (χ0n) is 11.6. The third-order valence-electron chi connectivity index (χ3n) is 4.23. The number of nitrogens with zero attached hydrogens (tertiary/aromatic N) is 2. The summed E-state index contributed by atoms with van der Waals surface area (Å²) in [5.41, 5.74) is 2.06. The number of fused-ring (bicyclic) bond motifs is 1. The molecule has 0 saturated heterocycles. The first-order chi connectivity index (χ1) is 9.41. The summed E-state index contributed by atoms with van der Waals surface area (Å²) in [4.78, 5) is 4.58. The van der Waals surface area contributed by atoms with Crippen molar-refractivity contribution in [3.05, 3.63) is 27.3 Å². The number of rotatable bonds is 2. The molecule has 1 aliphatic rings. The maximum Gasteiger partial charge on any atom is 0.138 e. The lowest BCUT2D eigenvalue weighted by Gasteiger charge is -2.19. The molecule has 2 aromatic rings. The average Bonchev–Trinajstić information content (AvgIpc) is 2.90. The summed E-state index contributed by atoms with van der Waals surface area (Å²) >= 11 is 8.06. The first-order valence-electron chi connectivity index (χ1n) is 6.83. The predicted molar refractivity (Wildman–Crippen MR) is 88.6 cm³/mol. The monoisotopic (exact) mass is 406 g/mol. The van der Waals surface area contributed by atoms with Gasteiger partial charge in [-0.15, -0.1) is 11.6 Å². The van der Waals surface area contributed by atoms with Crippen molar-refractivity contribution in [3.8, 4) is 0 Å². The third-order valence-corrected chi connectivity index (χ3v) is 5.30. The minimum atomic E-state index is -0.183. The largest absolute Gasteiger partial charge is 0.324 e. The summed E-state index contributed by atoms with van der Waals surface area (Å²) < 4.78 is 16.7. The van der Waals surface area contributed by atoms with Gasteiger partial charge in [-0.1, -0.05) is 13.8 Å². The molecule has 1 unspecified atom stereocenters. The second-order valence-corrected chi connectivity index (χ2v) is 7.78. The number of hydrogen-bond acceptors (Lipinski definition) is 1. The molecule has 1 aromatic carbocycles. The second-order valence-electron chi connectivity index (χ2n) is 6.35. The van der Waals surface area contributed by atoms with Crippen molar-refractivity contribution in [3.63, 3.8) is 0 Å². The van der Waals surface area contributed by atoms with Crippen LogP contribution in [0.15, 0.2) is 12.1 Å². The molecule has 0 aliphatic heterocycles. The molecule has 1 aromatic heterocycles. The highest BCUT2D eigenvalue weighted by atomic mass is 127. The maximum absolute atomic E-state index is 13.9. The quantitative estimate of drug-likeness (QED) is 0.491.